The highest BCUT2D eigenvalue weighted by molar-refractivity contribution is 5.89. The van der Waals surface area contributed by atoms with Gasteiger partial charge in [0.1, 0.15) is 24.5 Å². The van der Waals surface area contributed by atoms with Crippen molar-refractivity contribution in [2.75, 3.05) is 48.7 Å². The van der Waals surface area contributed by atoms with E-state index in [0.29, 0.717) is 77.9 Å². The number of para-hydroxylation sites is 1. The van der Waals surface area contributed by atoms with E-state index in [4.69, 9.17) is 33.2 Å². The molecule has 0 radical (unpaired) electrons. The highest BCUT2D eigenvalue weighted by Crippen LogP contribution is 2.42. The standard InChI is InChI=1S/C39H49NO10/c1-8-28(27-22-35(46-5)37(48-7)36(23-27)47-6)38(42)40-20-12-11-14-30(40)39(43)50-32(29-13-9-10-15-31(29)49-24-25(2)41)18-16-26-17-19-33(44-3)34(21-26)45-4/h9-10,13,15,17,19,21-23,28,30,32H,8,11-12,14,16,18,20,24H2,1-7H3/t28-,30-,32+/m0/s1. The number of Topliss-reactive ketones (excluding diaryl/α,β-unsaturated/α-hetero) is 1. The van der Waals surface area contributed by atoms with Gasteiger partial charge in [0.25, 0.3) is 0 Å². The summed E-state index contributed by atoms with van der Waals surface area (Å²) < 4.78 is 39.7. The van der Waals surface area contributed by atoms with Crippen molar-refractivity contribution in [2.45, 2.75) is 70.4 Å². The molecule has 1 amide bonds. The molecule has 11 heteroatoms. The number of esters is 1. The Morgan fingerprint density at radius 3 is 2.10 bits per heavy atom. The summed E-state index contributed by atoms with van der Waals surface area (Å²) in [6.07, 6.45) is 2.72. The summed E-state index contributed by atoms with van der Waals surface area (Å²) in [5.74, 6) is 1.65. The Morgan fingerprint density at radius 1 is 0.800 bits per heavy atom. The van der Waals surface area contributed by atoms with Gasteiger partial charge in [-0.25, -0.2) is 4.79 Å². The van der Waals surface area contributed by atoms with E-state index in [-0.39, 0.29) is 18.3 Å². The van der Waals surface area contributed by atoms with E-state index in [1.165, 1.54) is 28.3 Å². The summed E-state index contributed by atoms with van der Waals surface area (Å²) >= 11 is 0. The molecule has 50 heavy (non-hydrogen) atoms. The molecule has 0 aliphatic carbocycles. The van der Waals surface area contributed by atoms with Crippen LogP contribution in [0.25, 0.3) is 0 Å². The molecule has 270 valence electrons. The van der Waals surface area contributed by atoms with E-state index < -0.39 is 24.0 Å². The first kappa shape index (κ1) is 37.9. The maximum Gasteiger partial charge on any atom is 0.329 e. The smallest absolute Gasteiger partial charge is 0.329 e. The number of amides is 1. The van der Waals surface area contributed by atoms with Gasteiger partial charge in [0, 0.05) is 12.1 Å². The second-order valence-electron chi connectivity index (χ2n) is 12.1. The molecule has 0 N–H and O–H groups in total. The third-order valence-corrected chi connectivity index (χ3v) is 8.95. The highest BCUT2D eigenvalue weighted by atomic mass is 16.6. The monoisotopic (exact) mass is 691 g/mol. The molecule has 3 aromatic carbocycles. The fourth-order valence-corrected chi connectivity index (χ4v) is 6.38. The van der Waals surface area contributed by atoms with Gasteiger partial charge in [-0.2, -0.15) is 0 Å². The molecule has 0 unspecified atom stereocenters. The Kier molecular flexibility index (Phi) is 13.8. The lowest BCUT2D eigenvalue weighted by Gasteiger charge is -2.37. The molecular weight excluding hydrogens is 642 g/mol. The van der Waals surface area contributed by atoms with E-state index in [0.717, 1.165) is 18.4 Å². The fourth-order valence-electron chi connectivity index (χ4n) is 6.38. The number of methoxy groups -OCH3 is 5. The van der Waals surface area contributed by atoms with Crippen molar-refractivity contribution in [1.82, 2.24) is 4.90 Å². The molecule has 0 aromatic heterocycles. The van der Waals surface area contributed by atoms with Crippen LogP contribution in [0, 0.1) is 0 Å². The van der Waals surface area contributed by atoms with Crippen LogP contribution >= 0.6 is 0 Å². The summed E-state index contributed by atoms with van der Waals surface area (Å²) in [4.78, 5) is 42.0. The van der Waals surface area contributed by atoms with Crippen LogP contribution in [0.3, 0.4) is 0 Å². The van der Waals surface area contributed by atoms with Crippen molar-refractivity contribution in [1.29, 1.82) is 0 Å². The van der Waals surface area contributed by atoms with Crippen LogP contribution in [0.1, 0.15) is 74.7 Å². The summed E-state index contributed by atoms with van der Waals surface area (Å²) in [7, 11) is 7.76. The van der Waals surface area contributed by atoms with E-state index >= 15 is 0 Å². The Bertz CT molecular complexity index is 1600. The number of ketones is 1. The molecule has 1 aliphatic heterocycles. The molecule has 3 atom stereocenters. The van der Waals surface area contributed by atoms with Gasteiger partial charge < -0.3 is 38.1 Å². The molecule has 1 fully saturated rings. The highest BCUT2D eigenvalue weighted by Gasteiger charge is 2.38. The number of benzene rings is 3. The maximum absolute atomic E-state index is 14.3. The number of likely N-dealkylation sites (tertiary alicyclic amines) is 1. The van der Waals surface area contributed by atoms with E-state index in [1.54, 1.807) is 37.3 Å². The molecule has 3 aromatic rings. The van der Waals surface area contributed by atoms with Crippen LogP contribution < -0.4 is 28.4 Å². The Hall–Kier alpha value is -4.93. The lowest BCUT2D eigenvalue weighted by atomic mass is 9.91. The predicted octanol–water partition coefficient (Wildman–Crippen LogP) is 6.49. The molecule has 11 nitrogen and oxygen atoms in total. The third kappa shape index (κ3) is 8.99. The van der Waals surface area contributed by atoms with Crippen LogP contribution in [0.2, 0.25) is 0 Å². The first-order valence-corrected chi connectivity index (χ1v) is 16.9. The van der Waals surface area contributed by atoms with Crippen molar-refractivity contribution in [2.24, 2.45) is 0 Å². The van der Waals surface area contributed by atoms with Gasteiger partial charge in [0.05, 0.1) is 41.5 Å². The number of carbonyl (C=O) groups is 3. The van der Waals surface area contributed by atoms with E-state index in [1.807, 2.05) is 43.3 Å². The van der Waals surface area contributed by atoms with Crippen molar-refractivity contribution < 1.29 is 47.5 Å². The predicted molar refractivity (Wildman–Crippen MR) is 188 cm³/mol. The number of nitrogens with zero attached hydrogens (tertiary/aromatic N) is 1. The minimum absolute atomic E-state index is 0.113. The number of aryl methyl sites for hydroxylation is 1. The molecule has 4 rings (SSSR count). The van der Waals surface area contributed by atoms with Crippen LogP contribution in [0.5, 0.6) is 34.5 Å². The van der Waals surface area contributed by atoms with Crippen LogP contribution in [0.15, 0.2) is 54.6 Å². The second kappa shape index (κ2) is 18.2. The molecule has 0 bridgehead atoms. The zero-order valence-corrected chi connectivity index (χ0v) is 30.1. The summed E-state index contributed by atoms with van der Waals surface area (Å²) in [5.41, 5.74) is 2.30. The number of ether oxygens (including phenoxy) is 7. The van der Waals surface area contributed by atoms with Crippen molar-refractivity contribution >= 4 is 17.7 Å². The Balaban J connectivity index is 1.64. The number of hydrogen-bond acceptors (Lipinski definition) is 10. The van der Waals surface area contributed by atoms with Crippen LogP contribution in [0.4, 0.5) is 0 Å². The Labute approximate surface area is 294 Å². The average Bonchev–Trinajstić information content (AvgIpc) is 3.15. The summed E-state index contributed by atoms with van der Waals surface area (Å²) in [6.45, 7) is 3.70. The molecule has 0 saturated carbocycles. The zero-order valence-electron chi connectivity index (χ0n) is 30.1. The largest absolute Gasteiger partial charge is 0.493 e. The van der Waals surface area contributed by atoms with Gasteiger partial charge >= 0.3 is 5.97 Å². The molecule has 1 saturated heterocycles. The minimum atomic E-state index is -0.777. The van der Waals surface area contributed by atoms with E-state index in [9.17, 15) is 14.4 Å². The van der Waals surface area contributed by atoms with Crippen LogP contribution in [-0.4, -0.2) is 77.3 Å². The maximum atomic E-state index is 14.3. The number of rotatable bonds is 17. The summed E-state index contributed by atoms with van der Waals surface area (Å²) in [5, 5.41) is 0. The number of hydrogen-bond donors (Lipinski definition) is 0. The first-order chi connectivity index (χ1) is 24.2. The van der Waals surface area contributed by atoms with Gasteiger partial charge in [0.2, 0.25) is 11.7 Å². The number of piperidine rings is 1. The lowest BCUT2D eigenvalue weighted by Crippen LogP contribution is -2.50. The number of carbonyl (C=O) groups excluding carboxylic acids is 3. The summed E-state index contributed by atoms with van der Waals surface area (Å²) in [6, 6.07) is 15.7. The first-order valence-electron chi connectivity index (χ1n) is 16.9. The minimum Gasteiger partial charge on any atom is -0.493 e. The van der Waals surface area contributed by atoms with Gasteiger partial charge in [-0.15, -0.1) is 0 Å². The van der Waals surface area contributed by atoms with Gasteiger partial charge in [-0.05, 0) is 86.9 Å². The topological polar surface area (TPSA) is 119 Å². The van der Waals surface area contributed by atoms with Gasteiger partial charge in [-0.1, -0.05) is 31.2 Å². The molecule has 1 aliphatic rings. The molecule has 0 spiro atoms. The molecular formula is C39H49NO10. The quantitative estimate of drug-likeness (QED) is 0.145. The lowest BCUT2D eigenvalue weighted by molar-refractivity contribution is -0.162. The van der Waals surface area contributed by atoms with Gasteiger partial charge in [-0.3, -0.25) is 9.59 Å². The van der Waals surface area contributed by atoms with Crippen LogP contribution in [-0.2, 0) is 25.5 Å². The Morgan fingerprint density at radius 2 is 1.48 bits per heavy atom. The van der Waals surface area contributed by atoms with Crippen molar-refractivity contribution in [3.05, 3.63) is 71.3 Å². The fraction of sp³-hybridized carbons (Fsp3) is 0.462. The average molecular weight is 692 g/mol. The van der Waals surface area contributed by atoms with Gasteiger partial charge in [0.15, 0.2) is 28.8 Å². The van der Waals surface area contributed by atoms with Crippen molar-refractivity contribution in [3.63, 3.8) is 0 Å². The SMILES string of the molecule is CC[C@H](C(=O)N1CCCC[C@H]1C(=O)O[C@H](CCc1ccc(OC)c(OC)c1)c1ccccc1OCC(C)=O)c1cc(OC)c(OC)c(OC)c1. The second-order valence-corrected chi connectivity index (χ2v) is 12.1. The zero-order chi connectivity index (χ0) is 36.2. The normalized spacial score (nSPS) is 15.3. The third-order valence-electron chi connectivity index (χ3n) is 8.95. The molecule has 1 heterocycles. The van der Waals surface area contributed by atoms with Crippen molar-refractivity contribution in [3.8, 4) is 34.5 Å². The van der Waals surface area contributed by atoms with E-state index in [2.05, 4.69) is 0 Å².